The number of benzene rings is 1. The van der Waals surface area contributed by atoms with Crippen molar-refractivity contribution in [2.75, 3.05) is 29.9 Å². The lowest BCUT2D eigenvalue weighted by Crippen LogP contribution is -2.46. The SMILES string of the molecule is C[C@H](Nc1c(-c2nc3ccc(N4CCOC(F)(F)C4)cc3[nH]2)c(=O)[nH]c2cn(C)nc12)c1ncccn1.S. The van der Waals surface area contributed by atoms with Crippen molar-refractivity contribution in [3.8, 4) is 11.4 Å². The Hall–Kier alpha value is -4.04. The Morgan fingerprint density at radius 3 is 2.74 bits per heavy atom. The Labute approximate surface area is 221 Å². The molecule has 198 valence electrons. The smallest absolute Gasteiger partial charge is 0.373 e. The van der Waals surface area contributed by atoms with Crippen molar-refractivity contribution >= 4 is 46.9 Å². The number of alkyl halides is 2. The van der Waals surface area contributed by atoms with Gasteiger partial charge in [-0.1, -0.05) is 0 Å². The number of nitrogens with one attached hydrogen (secondary N) is 3. The lowest BCUT2D eigenvalue weighted by Gasteiger charge is -2.33. The topological polar surface area (TPSA) is 130 Å². The summed E-state index contributed by atoms with van der Waals surface area (Å²) >= 11 is 0. The third kappa shape index (κ3) is 4.67. The van der Waals surface area contributed by atoms with Gasteiger partial charge < -0.3 is 24.9 Å². The van der Waals surface area contributed by atoms with Crippen LogP contribution in [0.15, 0.2) is 47.7 Å². The fraction of sp³-hybridized carbons (Fsp3) is 0.292. The first-order valence-corrected chi connectivity index (χ1v) is 11.7. The van der Waals surface area contributed by atoms with E-state index in [1.54, 1.807) is 59.5 Å². The number of imidazole rings is 1. The molecule has 38 heavy (non-hydrogen) atoms. The number of anilines is 2. The van der Waals surface area contributed by atoms with Crippen LogP contribution in [-0.4, -0.2) is 60.5 Å². The van der Waals surface area contributed by atoms with Crippen LogP contribution < -0.4 is 15.8 Å². The zero-order valence-corrected chi connectivity index (χ0v) is 21.5. The number of aromatic nitrogens is 7. The summed E-state index contributed by atoms with van der Waals surface area (Å²) < 4.78 is 33.7. The molecule has 11 nitrogen and oxygen atoms in total. The number of fused-ring (bicyclic) bond motifs is 2. The van der Waals surface area contributed by atoms with Gasteiger partial charge in [0.05, 0.1) is 34.9 Å². The Kier molecular flexibility index (Phi) is 6.53. The van der Waals surface area contributed by atoms with Crippen molar-refractivity contribution in [2.45, 2.75) is 19.1 Å². The van der Waals surface area contributed by atoms with Crippen LogP contribution in [0.25, 0.3) is 33.5 Å². The largest absolute Gasteiger partial charge is 0.373 e. The zero-order valence-electron chi connectivity index (χ0n) is 20.5. The number of morpholine rings is 1. The van der Waals surface area contributed by atoms with Crippen LogP contribution >= 0.6 is 13.5 Å². The minimum absolute atomic E-state index is 0. The Morgan fingerprint density at radius 1 is 1.18 bits per heavy atom. The average molecular weight is 542 g/mol. The van der Waals surface area contributed by atoms with Crippen molar-refractivity contribution in [1.29, 1.82) is 0 Å². The van der Waals surface area contributed by atoms with Gasteiger partial charge in [0.2, 0.25) is 0 Å². The van der Waals surface area contributed by atoms with Crippen LogP contribution in [0.1, 0.15) is 18.8 Å². The first-order chi connectivity index (χ1) is 17.8. The van der Waals surface area contributed by atoms with Gasteiger partial charge >= 0.3 is 6.11 Å². The molecular formula is C24H25F2N9O2S. The second kappa shape index (κ2) is 9.68. The predicted molar refractivity (Wildman–Crippen MR) is 144 cm³/mol. The highest BCUT2D eigenvalue weighted by molar-refractivity contribution is 7.59. The normalized spacial score (nSPS) is 15.9. The van der Waals surface area contributed by atoms with Gasteiger partial charge in [0.1, 0.15) is 29.3 Å². The summed E-state index contributed by atoms with van der Waals surface area (Å²) in [5.74, 6) is 0.867. The van der Waals surface area contributed by atoms with Crippen LogP contribution in [0.2, 0.25) is 0 Å². The second-order valence-electron chi connectivity index (χ2n) is 8.94. The fourth-order valence-electron chi connectivity index (χ4n) is 4.55. The lowest BCUT2D eigenvalue weighted by molar-refractivity contribution is -0.240. The Balaban J connectivity index is 0.00000294. The molecule has 0 amide bonds. The molecule has 1 aliphatic heterocycles. The number of H-pyrrole nitrogens is 2. The van der Waals surface area contributed by atoms with Crippen LogP contribution in [0, 0.1) is 0 Å². The monoisotopic (exact) mass is 541 g/mol. The minimum Gasteiger partial charge on any atom is -0.373 e. The number of halogens is 2. The quantitative estimate of drug-likeness (QED) is 0.309. The zero-order chi connectivity index (χ0) is 25.7. The van der Waals surface area contributed by atoms with Crippen LogP contribution in [0.5, 0.6) is 0 Å². The molecule has 1 fully saturated rings. The van der Waals surface area contributed by atoms with Crippen molar-refractivity contribution in [3.63, 3.8) is 0 Å². The van der Waals surface area contributed by atoms with Gasteiger partial charge in [-0.3, -0.25) is 9.48 Å². The van der Waals surface area contributed by atoms with E-state index in [9.17, 15) is 13.6 Å². The van der Waals surface area contributed by atoms with E-state index in [0.29, 0.717) is 51.6 Å². The summed E-state index contributed by atoms with van der Waals surface area (Å²) in [4.78, 5) is 34.2. The predicted octanol–water partition coefficient (Wildman–Crippen LogP) is 3.31. The van der Waals surface area contributed by atoms with Crippen LogP contribution in [-0.2, 0) is 11.8 Å². The highest BCUT2D eigenvalue weighted by Gasteiger charge is 2.37. The summed E-state index contributed by atoms with van der Waals surface area (Å²) in [6, 6.07) is 6.60. The first-order valence-electron chi connectivity index (χ1n) is 11.7. The summed E-state index contributed by atoms with van der Waals surface area (Å²) in [6.45, 7) is 1.61. The number of hydrogen-bond donors (Lipinski definition) is 3. The van der Waals surface area contributed by atoms with Crippen molar-refractivity contribution < 1.29 is 13.5 Å². The van der Waals surface area contributed by atoms with Gasteiger partial charge in [-0.15, -0.1) is 0 Å². The molecular weight excluding hydrogens is 516 g/mol. The van der Waals surface area contributed by atoms with Gasteiger partial charge in [0, 0.05) is 37.9 Å². The Morgan fingerprint density at radius 2 is 1.97 bits per heavy atom. The standard InChI is InChI=1S/C24H23F2N9O2.H2S/c1-13(21-27-6-3-7-28-21)29-20-18(23(36)32-17-11-34(2)33-19(17)20)22-30-15-5-4-14(10-16(15)31-22)35-8-9-37-24(25,26)12-35;/h3-7,10-11,13,29H,8-9,12H2,1-2H3,(H,30,31)(H,32,36);1H2/t13-;/m0./s1. The third-order valence-electron chi connectivity index (χ3n) is 6.24. The average Bonchev–Trinajstić information content (AvgIpc) is 3.45. The third-order valence-corrected chi connectivity index (χ3v) is 6.24. The molecule has 1 aromatic carbocycles. The highest BCUT2D eigenvalue weighted by Crippen LogP contribution is 2.33. The van der Waals surface area contributed by atoms with Crippen molar-refractivity contribution in [2.24, 2.45) is 7.05 Å². The molecule has 1 saturated heterocycles. The molecule has 0 saturated carbocycles. The van der Waals surface area contributed by atoms with E-state index >= 15 is 0 Å². The molecule has 1 atom stereocenters. The molecule has 1 aliphatic rings. The minimum atomic E-state index is -3.21. The maximum atomic E-state index is 13.8. The van der Waals surface area contributed by atoms with Gasteiger partial charge in [0.25, 0.3) is 5.56 Å². The van der Waals surface area contributed by atoms with Gasteiger partial charge in [-0.05, 0) is 31.2 Å². The second-order valence-corrected chi connectivity index (χ2v) is 8.94. The molecule has 5 aromatic rings. The van der Waals surface area contributed by atoms with E-state index in [1.807, 2.05) is 6.92 Å². The van der Waals surface area contributed by atoms with Crippen LogP contribution in [0.3, 0.4) is 0 Å². The maximum absolute atomic E-state index is 13.8. The first kappa shape index (κ1) is 25.6. The molecule has 0 bridgehead atoms. The van der Waals surface area contributed by atoms with E-state index in [0.717, 1.165) is 0 Å². The molecule has 14 heteroatoms. The van der Waals surface area contributed by atoms with E-state index in [1.165, 1.54) is 0 Å². The van der Waals surface area contributed by atoms with Crippen molar-refractivity contribution in [3.05, 3.63) is 59.0 Å². The number of aromatic amines is 2. The fourth-order valence-corrected chi connectivity index (χ4v) is 4.55. The number of ether oxygens (including phenoxy) is 1. The van der Waals surface area contributed by atoms with Crippen molar-refractivity contribution in [1.82, 2.24) is 34.7 Å². The molecule has 0 spiro atoms. The molecule has 3 N–H and O–H groups in total. The van der Waals surface area contributed by atoms with Gasteiger partial charge in [0.15, 0.2) is 0 Å². The molecule has 0 aliphatic carbocycles. The van der Waals surface area contributed by atoms with E-state index in [2.05, 4.69) is 40.1 Å². The number of aryl methyl sites for hydroxylation is 1. The van der Waals surface area contributed by atoms with E-state index < -0.39 is 12.7 Å². The van der Waals surface area contributed by atoms with Gasteiger partial charge in [-0.2, -0.15) is 27.4 Å². The number of rotatable bonds is 5. The summed E-state index contributed by atoms with van der Waals surface area (Å²) in [5, 5.41) is 7.89. The number of nitrogens with zero attached hydrogens (tertiary/aromatic N) is 6. The maximum Gasteiger partial charge on any atom is 0.373 e. The Bertz CT molecular complexity index is 1670. The summed E-state index contributed by atoms with van der Waals surface area (Å²) in [5.41, 5.74) is 3.29. The van der Waals surface area contributed by atoms with E-state index in [4.69, 9.17) is 0 Å². The summed E-state index contributed by atoms with van der Waals surface area (Å²) in [6.07, 6.45) is 1.81. The number of pyridine rings is 1. The highest BCUT2D eigenvalue weighted by atomic mass is 32.1. The molecule has 0 radical (unpaired) electrons. The molecule has 0 unspecified atom stereocenters. The van der Waals surface area contributed by atoms with Gasteiger partial charge in [-0.25, -0.2) is 15.0 Å². The summed E-state index contributed by atoms with van der Waals surface area (Å²) in [7, 11) is 1.77. The molecule has 4 aromatic heterocycles. The lowest BCUT2D eigenvalue weighted by atomic mass is 10.1. The van der Waals surface area contributed by atoms with E-state index in [-0.39, 0.29) is 37.3 Å². The number of hydrogen-bond acceptors (Lipinski definition) is 8. The molecule has 6 rings (SSSR count). The molecule has 5 heterocycles. The van der Waals surface area contributed by atoms with Crippen LogP contribution in [0.4, 0.5) is 20.2 Å².